The summed E-state index contributed by atoms with van der Waals surface area (Å²) in [7, 11) is 0. The molecule has 1 saturated heterocycles. The maximum atomic E-state index is 12.2. The van der Waals surface area contributed by atoms with E-state index in [1.807, 2.05) is 0 Å². The smallest absolute Gasteiger partial charge is 0.308 e. The number of amides is 1. The first-order valence-corrected chi connectivity index (χ1v) is 6.32. The normalized spacial score (nSPS) is 21.1. The van der Waals surface area contributed by atoms with Crippen LogP contribution in [0.1, 0.15) is 18.5 Å². The van der Waals surface area contributed by atoms with E-state index in [2.05, 4.69) is 9.97 Å². The average molecular weight is 266 g/mol. The maximum Gasteiger partial charge on any atom is 0.308 e. The number of aromatic amines is 1. The predicted octanol–water partition coefficient (Wildman–Crippen LogP) is -0.397. The molecule has 0 spiro atoms. The number of imidazole rings is 1. The van der Waals surface area contributed by atoms with E-state index >= 15 is 0 Å². The van der Waals surface area contributed by atoms with Gasteiger partial charge in [-0.1, -0.05) is 0 Å². The zero-order valence-corrected chi connectivity index (χ0v) is 10.6. The van der Waals surface area contributed by atoms with E-state index in [-0.39, 0.29) is 12.5 Å². The lowest BCUT2D eigenvalue weighted by atomic mass is 9.97. The number of aromatic nitrogens is 2. The lowest BCUT2D eigenvalue weighted by Gasteiger charge is -2.32. The van der Waals surface area contributed by atoms with E-state index in [4.69, 9.17) is 10.8 Å². The van der Waals surface area contributed by atoms with Gasteiger partial charge in [-0.2, -0.15) is 0 Å². The molecule has 7 heteroatoms. The maximum absolute atomic E-state index is 12.2. The fraction of sp³-hybridized carbons (Fsp3) is 0.583. The molecule has 104 valence electrons. The summed E-state index contributed by atoms with van der Waals surface area (Å²) in [5.74, 6) is -1.52. The van der Waals surface area contributed by atoms with Crippen molar-refractivity contribution in [2.24, 2.45) is 11.7 Å². The predicted molar refractivity (Wildman–Crippen MR) is 67.2 cm³/mol. The molecule has 1 aromatic rings. The van der Waals surface area contributed by atoms with Gasteiger partial charge in [0.2, 0.25) is 5.91 Å². The second-order valence-corrected chi connectivity index (χ2v) is 4.85. The number of piperidine rings is 1. The van der Waals surface area contributed by atoms with Gasteiger partial charge in [-0.25, -0.2) is 4.98 Å². The number of likely N-dealkylation sites (tertiary alicyclic amines) is 1. The van der Waals surface area contributed by atoms with Crippen molar-refractivity contribution in [2.45, 2.75) is 25.3 Å². The van der Waals surface area contributed by atoms with Gasteiger partial charge >= 0.3 is 5.97 Å². The largest absolute Gasteiger partial charge is 0.481 e. The Balaban J connectivity index is 1.93. The molecule has 2 atom stereocenters. The van der Waals surface area contributed by atoms with Crippen LogP contribution < -0.4 is 5.73 Å². The molecule has 1 amide bonds. The monoisotopic (exact) mass is 266 g/mol. The minimum atomic E-state index is -0.848. The van der Waals surface area contributed by atoms with Gasteiger partial charge < -0.3 is 20.7 Å². The quantitative estimate of drug-likeness (QED) is 0.686. The van der Waals surface area contributed by atoms with Crippen molar-refractivity contribution < 1.29 is 14.7 Å². The summed E-state index contributed by atoms with van der Waals surface area (Å²) >= 11 is 0. The van der Waals surface area contributed by atoms with E-state index < -0.39 is 17.9 Å². The number of rotatable bonds is 4. The molecule has 2 rings (SSSR count). The summed E-state index contributed by atoms with van der Waals surface area (Å²) in [5.41, 5.74) is 6.67. The van der Waals surface area contributed by atoms with Crippen molar-refractivity contribution in [2.75, 3.05) is 13.1 Å². The Kier molecular flexibility index (Phi) is 4.16. The molecule has 0 aliphatic carbocycles. The minimum absolute atomic E-state index is 0.194. The van der Waals surface area contributed by atoms with Crippen LogP contribution in [0.25, 0.3) is 0 Å². The molecule has 0 aromatic carbocycles. The first-order chi connectivity index (χ1) is 9.08. The van der Waals surface area contributed by atoms with E-state index in [1.165, 1.54) is 6.33 Å². The minimum Gasteiger partial charge on any atom is -0.481 e. The third-order valence-electron chi connectivity index (χ3n) is 3.39. The highest BCUT2D eigenvalue weighted by Gasteiger charge is 2.30. The fourth-order valence-electron chi connectivity index (χ4n) is 2.33. The van der Waals surface area contributed by atoms with Crippen LogP contribution in [-0.2, 0) is 16.0 Å². The van der Waals surface area contributed by atoms with Gasteiger partial charge in [-0.05, 0) is 12.8 Å². The van der Waals surface area contributed by atoms with Gasteiger partial charge in [0.25, 0.3) is 0 Å². The van der Waals surface area contributed by atoms with Gasteiger partial charge in [-0.3, -0.25) is 9.59 Å². The highest BCUT2D eigenvalue weighted by atomic mass is 16.4. The number of nitrogens with zero attached hydrogens (tertiary/aromatic N) is 2. The zero-order chi connectivity index (χ0) is 13.8. The van der Waals surface area contributed by atoms with Crippen molar-refractivity contribution in [3.05, 3.63) is 18.2 Å². The molecule has 1 fully saturated rings. The van der Waals surface area contributed by atoms with Crippen molar-refractivity contribution in [3.8, 4) is 0 Å². The van der Waals surface area contributed by atoms with Crippen LogP contribution in [0.15, 0.2) is 12.5 Å². The molecule has 2 heterocycles. The molecule has 1 aliphatic heterocycles. The first-order valence-electron chi connectivity index (χ1n) is 6.32. The van der Waals surface area contributed by atoms with Crippen LogP contribution in [0.5, 0.6) is 0 Å². The van der Waals surface area contributed by atoms with Crippen LogP contribution >= 0.6 is 0 Å². The highest BCUT2D eigenvalue weighted by molar-refractivity contribution is 5.82. The lowest BCUT2D eigenvalue weighted by Crippen LogP contribution is -2.49. The molecule has 7 nitrogen and oxygen atoms in total. The standard InChI is InChI=1S/C12H18N4O3/c13-10(4-9-5-14-7-15-9)11(17)16-3-1-2-8(6-16)12(18)19/h5,7-8,10H,1-4,6,13H2,(H,14,15)(H,18,19). The Morgan fingerprint density at radius 2 is 2.42 bits per heavy atom. The van der Waals surface area contributed by atoms with Crippen LogP contribution in [0, 0.1) is 5.92 Å². The summed E-state index contributed by atoms with van der Waals surface area (Å²) in [6, 6.07) is -0.659. The second kappa shape index (κ2) is 5.83. The summed E-state index contributed by atoms with van der Waals surface area (Å²) in [6.45, 7) is 0.837. The Hall–Kier alpha value is -1.89. The third kappa shape index (κ3) is 3.31. The van der Waals surface area contributed by atoms with Gasteiger partial charge in [0.15, 0.2) is 0 Å². The number of carbonyl (C=O) groups excluding carboxylic acids is 1. The summed E-state index contributed by atoms with van der Waals surface area (Å²) in [5, 5.41) is 9.00. The first kappa shape index (κ1) is 13.5. The van der Waals surface area contributed by atoms with Crippen molar-refractivity contribution in [1.29, 1.82) is 0 Å². The summed E-state index contributed by atoms with van der Waals surface area (Å²) in [6.07, 6.45) is 4.87. The number of carbonyl (C=O) groups is 2. The SMILES string of the molecule is NC(Cc1cnc[nH]1)C(=O)N1CCCC(C(=O)O)C1. The van der Waals surface area contributed by atoms with E-state index in [0.717, 1.165) is 5.69 Å². The number of nitrogens with two attached hydrogens (primary N) is 1. The number of carboxylic acid groups (broad SMARTS) is 1. The molecule has 1 aliphatic rings. The number of hydrogen-bond donors (Lipinski definition) is 3. The Bertz CT molecular complexity index is 446. The van der Waals surface area contributed by atoms with Crippen molar-refractivity contribution >= 4 is 11.9 Å². The van der Waals surface area contributed by atoms with Crippen molar-refractivity contribution in [1.82, 2.24) is 14.9 Å². The molecule has 1 aromatic heterocycles. The third-order valence-corrected chi connectivity index (χ3v) is 3.39. The van der Waals surface area contributed by atoms with Crippen LogP contribution in [0.4, 0.5) is 0 Å². The summed E-state index contributed by atoms with van der Waals surface area (Å²) < 4.78 is 0. The van der Waals surface area contributed by atoms with Crippen molar-refractivity contribution in [3.63, 3.8) is 0 Å². The molecule has 0 radical (unpaired) electrons. The topological polar surface area (TPSA) is 112 Å². The summed E-state index contributed by atoms with van der Waals surface area (Å²) in [4.78, 5) is 31.5. The van der Waals surface area contributed by atoms with Gasteiger partial charge in [0, 0.05) is 31.4 Å². The van der Waals surface area contributed by atoms with Crippen LogP contribution in [-0.4, -0.2) is 51.0 Å². The van der Waals surface area contributed by atoms with Gasteiger partial charge in [-0.15, -0.1) is 0 Å². The highest BCUT2D eigenvalue weighted by Crippen LogP contribution is 2.17. The molecular formula is C12H18N4O3. The number of carboxylic acids is 1. The van der Waals surface area contributed by atoms with Crippen LogP contribution in [0.3, 0.4) is 0 Å². The van der Waals surface area contributed by atoms with E-state index in [9.17, 15) is 9.59 Å². The number of H-pyrrole nitrogens is 1. The Labute approximate surface area is 110 Å². The number of nitrogens with one attached hydrogen (secondary N) is 1. The Morgan fingerprint density at radius 1 is 1.63 bits per heavy atom. The van der Waals surface area contributed by atoms with Crippen LogP contribution in [0.2, 0.25) is 0 Å². The molecular weight excluding hydrogens is 248 g/mol. The van der Waals surface area contributed by atoms with Gasteiger partial charge in [0.1, 0.15) is 0 Å². The molecule has 0 bridgehead atoms. The molecule has 4 N–H and O–H groups in total. The molecule has 2 unspecified atom stereocenters. The average Bonchev–Trinajstić information content (AvgIpc) is 2.90. The second-order valence-electron chi connectivity index (χ2n) is 4.85. The lowest BCUT2D eigenvalue weighted by molar-refractivity contribution is -0.146. The zero-order valence-electron chi connectivity index (χ0n) is 10.6. The van der Waals surface area contributed by atoms with E-state index in [1.54, 1.807) is 11.1 Å². The number of aliphatic carboxylic acids is 1. The Morgan fingerprint density at radius 3 is 3.05 bits per heavy atom. The van der Waals surface area contributed by atoms with Gasteiger partial charge in [0.05, 0.1) is 18.3 Å². The molecule has 19 heavy (non-hydrogen) atoms. The number of hydrogen-bond acceptors (Lipinski definition) is 4. The fourth-order valence-corrected chi connectivity index (χ4v) is 2.33. The van der Waals surface area contributed by atoms with E-state index in [0.29, 0.717) is 25.8 Å². The molecule has 0 saturated carbocycles.